The van der Waals surface area contributed by atoms with Gasteiger partial charge < -0.3 is 10.7 Å². The molecule has 0 radical (unpaired) electrons. The van der Waals surface area contributed by atoms with Crippen molar-refractivity contribution < 1.29 is 0 Å². The van der Waals surface area contributed by atoms with Crippen LogP contribution in [0.2, 0.25) is 0 Å². The molecule has 2 heterocycles. The number of rotatable bonds is 3. The number of fused-ring (bicyclic) bond motifs is 1. The van der Waals surface area contributed by atoms with Crippen molar-refractivity contribution >= 4 is 44.0 Å². The second kappa shape index (κ2) is 5.44. The van der Waals surface area contributed by atoms with Crippen LogP contribution >= 0.6 is 15.9 Å². The summed E-state index contributed by atoms with van der Waals surface area (Å²) in [4.78, 5) is 8.53. The Labute approximate surface area is 124 Å². The first kappa shape index (κ1) is 12.8. The number of nitrogens with one attached hydrogen (secondary N) is 2. The summed E-state index contributed by atoms with van der Waals surface area (Å²) < 4.78 is 0.959. The zero-order chi connectivity index (χ0) is 13.9. The van der Waals surface area contributed by atoms with Gasteiger partial charge in [-0.05, 0) is 34.1 Å². The topological polar surface area (TPSA) is 75.9 Å². The summed E-state index contributed by atoms with van der Waals surface area (Å²) in [6, 6.07) is 11.7. The van der Waals surface area contributed by atoms with Crippen molar-refractivity contribution in [3.8, 4) is 0 Å². The van der Waals surface area contributed by atoms with Gasteiger partial charge in [-0.25, -0.2) is 10.8 Å². The molecule has 0 amide bonds. The molecule has 0 fully saturated rings. The average Bonchev–Trinajstić information content (AvgIpc) is 2.47. The van der Waals surface area contributed by atoms with Crippen LogP contribution in [0.25, 0.3) is 10.9 Å². The highest BCUT2D eigenvalue weighted by Gasteiger charge is 2.04. The van der Waals surface area contributed by atoms with Gasteiger partial charge in [-0.1, -0.05) is 12.1 Å². The number of halogens is 1. The number of nitrogens with two attached hydrogens (primary N) is 1. The van der Waals surface area contributed by atoms with Gasteiger partial charge in [0.2, 0.25) is 0 Å². The van der Waals surface area contributed by atoms with Crippen molar-refractivity contribution in [1.29, 1.82) is 0 Å². The highest BCUT2D eigenvalue weighted by Crippen LogP contribution is 2.27. The van der Waals surface area contributed by atoms with Crippen LogP contribution < -0.4 is 16.6 Å². The summed E-state index contributed by atoms with van der Waals surface area (Å²) >= 11 is 3.43. The van der Waals surface area contributed by atoms with Gasteiger partial charge in [0.25, 0.3) is 0 Å². The third-order valence-electron chi connectivity index (χ3n) is 2.86. The highest BCUT2D eigenvalue weighted by molar-refractivity contribution is 9.10. The monoisotopic (exact) mass is 329 g/mol. The van der Waals surface area contributed by atoms with Gasteiger partial charge in [0, 0.05) is 34.0 Å². The lowest BCUT2D eigenvalue weighted by molar-refractivity contribution is 1.23. The molecule has 0 bridgehead atoms. The fraction of sp³-hybridized carbons (Fsp3) is 0. The van der Waals surface area contributed by atoms with Gasteiger partial charge >= 0.3 is 0 Å². The minimum absolute atomic E-state index is 0.603. The molecule has 6 heteroatoms. The molecule has 3 rings (SSSR count). The number of anilines is 3. The molecule has 4 N–H and O–H groups in total. The van der Waals surface area contributed by atoms with Crippen LogP contribution in [-0.4, -0.2) is 9.97 Å². The second-order valence-electron chi connectivity index (χ2n) is 4.23. The summed E-state index contributed by atoms with van der Waals surface area (Å²) in [5.41, 5.74) is 5.26. The number of aromatic nitrogens is 2. The third kappa shape index (κ3) is 2.56. The molecule has 0 spiro atoms. The summed E-state index contributed by atoms with van der Waals surface area (Å²) in [7, 11) is 0. The van der Waals surface area contributed by atoms with Crippen molar-refractivity contribution in [3.05, 3.63) is 53.3 Å². The smallest absolute Gasteiger partial charge is 0.141 e. The normalized spacial score (nSPS) is 10.5. The van der Waals surface area contributed by atoms with E-state index in [1.54, 1.807) is 12.4 Å². The fourth-order valence-electron chi connectivity index (χ4n) is 1.98. The maximum Gasteiger partial charge on any atom is 0.141 e. The number of para-hydroxylation sites is 1. The van der Waals surface area contributed by atoms with Crippen molar-refractivity contribution in [2.24, 2.45) is 5.84 Å². The quantitative estimate of drug-likeness (QED) is 0.507. The molecule has 0 aliphatic rings. The molecular formula is C14H12BrN5. The predicted molar refractivity (Wildman–Crippen MR) is 84.8 cm³/mol. The molecule has 0 saturated heterocycles. The molecule has 2 aromatic heterocycles. The number of hydrazine groups is 1. The first-order valence-electron chi connectivity index (χ1n) is 6.00. The van der Waals surface area contributed by atoms with E-state index in [-0.39, 0.29) is 0 Å². The molecule has 20 heavy (non-hydrogen) atoms. The van der Waals surface area contributed by atoms with Crippen molar-refractivity contribution in [3.63, 3.8) is 0 Å². The maximum absolute atomic E-state index is 5.36. The second-order valence-corrected chi connectivity index (χ2v) is 5.15. The number of nitrogen functional groups attached to an aromatic ring is 1. The first-order chi connectivity index (χ1) is 9.76. The number of hydrogen-bond acceptors (Lipinski definition) is 5. The van der Waals surface area contributed by atoms with Gasteiger partial charge in [-0.3, -0.25) is 4.98 Å². The Morgan fingerprint density at radius 2 is 2.00 bits per heavy atom. The van der Waals surface area contributed by atoms with Gasteiger partial charge in [-0.15, -0.1) is 0 Å². The maximum atomic E-state index is 5.36. The molecule has 3 aromatic rings. The summed E-state index contributed by atoms with van der Waals surface area (Å²) in [5, 5.41) is 4.39. The van der Waals surface area contributed by atoms with Crippen molar-refractivity contribution in [2.75, 3.05) is 10.7 Å². The Kier molecular flexibility index (Phi) is 3.49. The lowest BCUT2D eigenvalue weighted by Crippen LogP contribution is -2.08. The Balaban J connectivity index is 2.02. The number of benzene rings is 1. The van der Waals surface area contributed by atoms with Crippen molar-refractivity contribution in [1.82, 2.24) is 9.97 Å². The molecule has 100 valence electrons. The minimum Gasteiger partial charge on any atom is -0.354 e. The third-order valence-corrected chi connectivity index (χ3v) is 3.30. The van der Waals surface area contributed by atoms with E-state index >= 15 is 0 Å². The predicted octanol–water partition coefficient (Wildman–Crippen LogP) is 3.42. The Hall–Kier alpha value is -2.18. The van der Waals surface area contributed by atoms with Crippen LogP contribution in [-0.2, 0) is 0 Å². The van der Waals surface area contributed by atoms with E-state index in [4.69, 9.17) is 5.84 Å². The Bertz CT molecular complexity index is 759. The largest absolute Gasteiger partial charge is 0.354 e. The highest BCUT2D eigenvalue weighted by atomic mass is 79.9. The molecule has 0 atom stereocenters. The van der Waals surface area contributed by atoms with Gasteiger partial charge in [-0.2, -0.15) is 0 Å². The SMILES string of the molecule is NNc1cc(Nc2cccc3cc(Br)cnc23)ccn1. The Morgan fingerprint density at radius 1 is 1.10 bits per heavy atom. The van der Waals surface area contributed by atoms with Crippen LogP contribution in [0.15, 0.2) is 53.3 Å². The van der Waals surface area contributed by atoms with E-state index in [0.29, 0.717) is 5.82 Å². The molecule has 0 aliphatic carbocycles. The zero-order valence-corrected chi connectivity index (χ0v) is 12.1. The lowest BCUT2D eigenvalue weighted by atomic mass is 10.2. The van der Waals surface area contributed by atoms with E-state index < -0.39 is 0 Å². The van der Waals surface area contributed by atoms with E-state index in [1.807, 2.05) is 36.4 Å². The van der Waals surface area contributed by atoms with E-state index in [9.17, 15) is 0 Å². The van der Waals surface area contributed by atoms with E-state index in [0.717, 1.165) is 26.8 Å². The van der Waals surface area contributed by atoms with Crippen molar-refractivity contribution in [2.45, 2.75) is 0 Å². The Morgan fingerprint density at radius 3 is 2.85 bits per heavy atom. The van der Waals surface area contributed by atoms with Crippen LogP contribution in [0.5, 0.6) is 0 Å². The first-order valence-corrected chi connectivity index (χ1v) is 6.79. The van der Waals surface area contributed by atoms with Gasteiger partial charge in [0.1, 0.15) is 5.82 Å². The number of pyridine rings is 2. The van der Waals surface area contributed by atoms with E-state index in [1.165, 1.54) is 0 Å². The lowest BCUT2D eigenvalue weighted by Gasteiger charge is -2.10. The molecule has 0 unspecified atom stereocenters. The molecule has 1 aromatic carbocycles. The minimum atomic E-state index is 0.603. The van der Waals surface area contributed by atoms with E-state index in [2.05, 4.69) is 36.6 Å². The van der Waals surface area contributed by atoms with Crippen LogP contribution in [0, 0.1) is 0 Å². The van der Waals surface area contributed by atoms with Gasteiger partial charge in [0.15, 0.2) is 0 Å². The molecule has 0 aliphatic heterocycles. The standard InChI is InChI=1S/C14H12BrN5/c15-10-6-9-2-1-3-12(14(9)18-8-10)19-11-4-5-17-13(7-11)20-16/h1-8H,16H2,(H2,17,19,20). The van der Waals surface area contributed by atoms with Crippen LogP contribution in [0.3, 0.4) is 0 Å². The summed E-state index contributed by atoms with van der Waals surface area (Å²) in [6.45, 7) is 0. The van der Waals surface area contributed by atoms with Crippen LogP contribution in [0.4, 0.5) is 17.2 Å². The molecule has 0 saturated carbocycles. The summed E-state index contributed by atoms with van der Waals surface area (Å²) in [6.07, 6.45) is 3.47. The average molecular weight is 330 g/mol. The van der Waals surface area contributed by atoms with Crippen LogP contribution in [0.1, 0.15) is 0 Å². The number of hydrogen-bond donors (Lipinski definition) is 3. The summed E-state index contributed by atoms with van der Waals surface area (Å²) in [5.74, 6) is 5.96. The van der Waals surface area contributed by atoms with Gasteiger partial charge in [0.05, 0.1) is 11.2 Å². The molecule has 5 nitrogen and oxygen atoms in total. The fourth-order valence-corrected chi connectivity index (χ4v) is 2.33. The molecular weight excluding hydrogens is 318 g/mol. The number of nitrogens with zero attached hydrogens (tertiary/aromatic N) is 2. The zero-order valence-electron chi connectivity index (χ0n) is 10.5.